The Morgan fingerprint density at radius 1 is 1.03 bits per heavy atom. The first-order valence-corrected chi connectivity index (χ1v) is 12.0. The lowest BCUT2D eigenvalue weighted by atomic mass is 10.1. The molecule has 1 aliphatic heterocycles. The molecule has 172 valence electrons. The first-order chi connectivity index (χ1) is 15.2. The van der Waals surface area contributed by atoms with Crippen LogP contribution < -0.4 is 10.6 Å². The summed E-state index contributed by atoms with van der Waals surface area (Å²) in [7, 11) is -3.83. The molecule has 1 saturated heterocycles. The van der Waals surface area contributed by atoms with Gasteiger partial charge < -0.3 is 15.4 Å². The summed E-state index contributed by atoms with van der Waals surface area (Å²) in [4.78, 5) is 24.7. The summed E-state index contributed by atoms with van der Waals surface area (Å²) in [5.74, 6) is -1.62. The number of nitrogens with one attached hydrogen (secondary N) is 2. The molecule has 0 spiro atoms. The summed E-state index contributed by atoms with van der Waals surface area (Å²) in [6, 6.07) is 12.8. The monoisotopic (exact) mass is 459 g/mol. The van der Waals surface area contributed by atoms with Crippen LogP contribution in [0.25, 0.3) is 0 Å². The van der Waals surface area contributed by atoms with E-state index in [-0.39, 0.29) is 24.5 Å². The number of aryl methyl sites for hydroxylation is 3. The van der Waals surface area contributed by atoms with Crippen LogP contribution in [0.2, 0.25) is 0 Å². The highest BCUT2D eigenvalue weighted by Crippen LogP contribution is 2.25. The zero-order chi connectivity index (χ0) is 23.3. The number of carbonyl (C=O) groups excluding carboxylic acids is 2. The van der Waals surface area contributed by atoms with E-state index in [9.17, 15) is 18.0 Å². The van der Waals surface area contributed by atoms with E-state index in [1.165, 1.54) is 4.31 Å². The predicted molar refractivity (Wildman–Crippen MR) is 120 cm³/mol. The zero-order valence-electron chi connectivity index (χ0n) is 18.6. The van der Waals surface area contributed by atoms with Crippen LogP contribution >= 0.6 is 0 Å². The van der Waals surface area contributed by atoms with Gasteiger partial charge in [0.15, 0.2) is 0 Å². The van der Waals surface area contributed by atoms with Gasteiger partial charge in [-0.05, 0) is 55.5 Å². The highest BCUT2D eigenvalue weighted by molar-refractivity contribution is 7.89. The second-order valence-electron chi connectivity index (χ2n) is 7.88. The Labute approximate surface area is 189 Å². The molecule has 0 saturated carbocycles. The number of hydrogen-bond donors (Lipinski definition) is 2. The smallest absolute Gasteiger partial charge is 0.309 e. The molecular formula is C23H29N3O5S. The molecule has 0 aliphatic carbocycles. The van der Waals surface area contributed by atoms with E-state index in [0.29, 0.717) is 18.6 Å². The first-order valence-electron chi connectivity index (χ1n) is 10.5. The number of amides is 2. The van der Waals surface area contributed by atoms with Crippen molar-refractivity contribution in [3.63, 3.8) is 0 Å². The molecule has 8 nitrogen and oxygen atoms in total. The summed E-state index contributed by atoms with van der Waals surface area (Å²) in [6.07, 6.45) is -0.340. The van der Waals surface area contributed by atoms with E-state index < -0.39 is 28.1 Å². The van der Waals surface area contributed by atoms with Crippen molar-refractivity contribution in [3.05, 3.63) is 64.7 Å². The van der Waals surface area contributed by atoms with Crippen molar-refractivity contribution < 1.29 is 22.7 Å². The topological polar surface area (TPSA) is 105 Å². The maximum Gasteiger partial charge on any atom is 0.309 e. The van der Waals surface area contributed by atoms with Gasteiger partial charge in [0.05, 0.1) is 18.0 Å². The van der Waals surface area contributed by atoms with Gasteiger partial charge in [-0.25, -0.2) is 8.42 Å². The fourth-order valence-electron chi connectivity index (χ4n) is 3.54. The van der Waals surface area contributed by atoms with Gasteiger partial charge in [0, 0.05) is 13.1 Å². The number of ether oxygens (including phenoxy) is 1. The van der Waals surface area contributed by atoms with Gasteiger partial charge in [0.25, 0.3) is 0 Å². The van der Waals surface area contributed by atoms with Crippen LogP contribution in [0.15, 0.2) is 47.4 Å². The highest BCUT2D eigenvalue weighted by atomic mass is 32.2. The summed E-state index contributed by atoms with van der Waals surface area (Å²) >= 11 is 0. The molecule has 0 radical (unpaired) electrons. The molecule has 1 fully saturated rings. The molecule has 1 unspecified atom stereocenters. The van der Waals surface area contributed by atoms with Crippen LogP contribution in [-0.4, -0.2) is 50.5 Å². The van der Waals surface area contributed by atoms with Crippen molar-refractivity contribution in [3.8, 4) is 0 Å². The van der Waals surface area contributed by atoms with Crippen LogP contribution in [0.3, 0.4) is 0 Å². The van der Waals surface area contributed by atoms with Gasteiger partial charge in [0.1, 0.15) is 6.23 Å². The second-order valence-corrected chi connectivity index (χ2v) is 9.74. The molecule has 1 aliphatic rings. The fourth-order valence-corrected chi connectivity index (χ4v) is 5.42. The van der Waals surface area contributed by atoms with E-state index >= 15 is 0 Å². The normalized spacial score (nSPS) is 17.0. The van der Waals surface area contributed by atoms with Crippen molar-refractivity contribution in [2.45, 2.75) is 44.9 Å². The Kier molecular flexibility index (Phi) is 7.65. The van der Waals surface area contributed by atoms with Crippen molar-refractivity contribution >= 4 is 21.8 Å². The summed E-state index contributed by atoms with van der Waals surface area (Å²) in [5.41, 5.74) is 3.40. The van der Waals surface area contributed by atoms with Crippen molar-refractivity contribution in [2.24, 2.45) is 0 Å². The number of rotatable bonds is 6. The molecule has 2 N–H and O–H groups in total. The van der Waals surface area contributed by atoms with E-state index in [2.05, 4.69) is 10.6 Å². The zero-order valence-corrected chi connectivity index (χ0v) is 19.4. The van der Waals surface area contributed by atoms with Gasteiger partial charge in [-0.1, -0.05) is 36.4 Å². The highest BCUT2D eigenvalue weighted by Gasteiger charge is 2.35. The molecule has 0 bridgehead atoms. The predicted octanol–water partition coefficient (Wildman–Crippen LogP) is 1.78. The van der Waals surface area contributed by atoms with E-state index in [4.69, 9.17) is 4.74 Å². The number of benzene rings is 2. The minimum absolute atomic E-state index is 0.124. The maximum atomic E-state index is 13.3. The van der Waals surface area contributed by atoms with Crippen LogP contribution in [0.4, 0.5) is 0 Å². The van der Waals surface area contributed by atoms with Crippen LogP contribution in [0, 0.1) is 20.8 Å². The Bertz CT molecular complexity index is 1100. The molecule has 2 aromatic carbocycles. The van der Waals surface area contributed by atoms with Crippen molar-refractivity contribution in [2.75, 3.05) is 19.7 Å². The quantitative estimate of drug-likeness (QED) is 0.641. The van der Waals surface area contributed by atoms with Gasteiger partial charge in [-0.15, -0.1) is 0 Å². The summed E-state index contributed by atoms with van der Waals surface area (Å²) in [5, 5.41) is 5.09. The lowest BCUT2D eigenvalue weighted by Gasteiger charge is -2.35. The van der Waals surface area contributed by atoms with E-state index in [1.807, 2.05) is 44.2 Å². The second kappa shape index (κ2) is 10.2. The average Bonchev–Trinajstić information content (AvgIpc) is 2.78. The molecule has 32 heavy (non-hydrogen) atoms. The largest absolute Gasteiger partial charge is 0.360 e. The third-order valence-corrected chi connectivity index (χ3v) is 7.46. The van der Waals surface area contributed by atoms with E-state index in [1.54, 1.807) is 19.1 Å². The molecule has 0 aromatic heterocycles. The van der Waals surface area contributed by atoms with Crippen LogP contribution in [-0.2, 0) is 30.9 Å². The Balaban J connectivity index is 1.64. The standard InChI is InChI=1S/C23H29N3O5S/c1-16-9-10-18(3)20(13-16)32(29,30)26-11-6-12-31-21(26)15-25-23(28)22(27)24-14-19-8-5-4-7-17(19)2/h4-5,7-10,13,21H,6,11-12,14-15H2,1-3H3,(H,24,27)(H,25,28). The lowest BCUT2D eigenvalue weighted by molar-refractivity contribution is -0.140. The number of hydrogen-bond acceptors (Lipinski definition) is 5. The van der Waals surface area contributed by atoms with Gasteiger partial charge in [0.2, 0.25) is 10.0 Å². The Morgan fingerprint density at radius 2 is 1.75 bits per heavy atom. The van der Waals surface area contributed by atoms with Gasteiger partial charge in [-0.2, -0.15) is 4.31 Å². The van der Waals surface area contributed by atoms with Gasteiger partial charge >= 0.3 is 11.8 Å². The SMILES string of the molecule is Cc1ccc(C)c(S(=O)(=O)N2CCCOC2CNC(=O)C(=O)NCc2ccccc2C)c1. The molecule has 1 atom stereocenters. The minimum atomic E-state index is -3.83. The number of nitrogens with zero attached hydrogens (tertiary/aromatic N) is 1. The van der Waals surface area contributed by atoms with Crippen molar-refractivity contribution in [1.82, 2.24) is 14.9 Å². The molecule has 2 amide bonds. The average molecular weight is 460 g/mol. The Morgan fingerprint density at radius 3 is 2.50 bits per heavy atom. The van der Waals surface area contributed by atoms with Gasteiger partial charge in [-0.3, -0.25) is 9.59 Å². The summed E-state index contributed by atoms with van der Waals surface area (Å²) < 4.78 is 33.5. The molecular weight excluding hydrogens is 430 g/mol. The summed E-state index contributed by atoms with van der Waals surface area (Å²) in [6.45, 7) is 6.25. The molecule has 2 aromatic rings. The van der Waals surface area contributed by atoms with E-state index in [0.717, 1.165) is 16.7 Å². The fraction of sp³-hybridized carbons (Fsp3) is 0.391. The van der Waals surface area contributed by atoms with Crippen molar-refractivity contribution in [1.29, 1.82) is 0 Å². The first kappa shape index (κ1) is 23.9. The Hall–Kier alpha value is -2.75. The number of sulfonamides is 1. The molecule has 1 heterocycles. The molecule has 3 rings (SSSR count). The third kappa shape index (κ3) is 5.53. The minimum Gasteiger partial charge on any atom is -0.360 e. The van der Waals surface area contributed by atoms with Crippen LogP contribution in [0.5, 0.6) is 0 Å². The van der Waals surface area contributed by atoms with Crippen LogP contribution in [0.1, 0.15) is 28.7 Å². The number of carbonyl (C=O) groups is 2. The third-order valence-electron chi connectivity index (χ3n) is 5.43. The maximum absolute atomic E-state index is 13.3. The molecule has 9 heteroatoms. The lowest BCUT2D eigenvalue weighted by Crippen LogP contribution is -2.53.